The minimum atomic E-state index is -5.89. The highest BCUT2D eigenvalue weighted by atomic mass is 31.3. The van der Waals surface area contributed by atoms with Crippen LogP contribution in [0.25, 0.3) is 21.8 Å². The summed E-state index contributed by atoms with van der Waals surface area (Å²) in [4.78, 5) is 71.5. The zero-order valence-electron chi connectivity index (χ0n) is 31.4. The number of phosphoric ester groups is 1. The van der Waals surface area contributed by atoms with Gasteiger partial charge in [-0.3, -0.25) is 18.5 Å². The largest absolute Gasteiger partial charge is 0.756 e. The number of carbonyl (C=O) groups excluding carboxylic acids is 1. The molecule has 8 N–H and O–H groups in total. The molecule has 3 heterocycles. The molecule has 2 aromatic carbocycles. The summed E-state index contributed by atoms with van der Waals surface area (Å²) >= 11 is 0. The maximum atomic E-state index is 12.9. The van der Waals surface area contributed by atoms with E-state index in [1.807, 2.05) is 38.0 Å². The van der Waals surface area contributed by atoms with Crippen molar-refractivity contribution in [3.8, 4) is 11.8 Å². The Bertz CT molecular complexity index is 2400. The Labute approximate surface area is 330 Å². The van der Waals surface area contributed by atoms with Gasteiger partial charge in [0, 0.05) is 81.5 Å². The molecule has 1 aliphatic heterocycles. The van der Waals surface area contributed by atoms with Gasteiger partial charge in [-0.1, -0.05) is 11.8 Å². The van der Waals surface area contributed by atoms with Crippen molar-refractivity contribution in [1.29, 1.82) is 0 Å². The zero-order valence-corrected chi connectivity index (χ0v) is 34.1. The van der Waals surface area contributed by atoms with Crippen LogP contribution in [0.4, 0.5) is 17.2 Å². The van der Waals surface area contributed by atoms with E-state index in [1.165, 1.54) is 0 Å². The quantitative estimate of drug-likeness (QED) is 0.0353. The maximum Gasteiger partial charge on any atom is 0.487 e. The number of carbonyl (C=O) groups is 1. The Hall–Kier alpha value is -4.29. The number of nitrogens with one attached hydrogen (secondary N) is 1. The summed E-state index contributed by atoms with van der Waals surface area (Å²) in [6, 6.07) is 14.6. The van der Waals surface area contributed by atoms with Crippen LogP contribution >= 0.6 is 23.5 Å². The number of aliphatic hydroxyl groups is 2. The minimum Gasteiger partial charge on any atom is -0.756 e. The molecule has 1 fully saturated rings. The average molecular weight is 870 g/mol. The predicted molar refractivity (Wildman–Crippen MR) is 206 cm³/mol. The van der Waals surface area contributed by atoms with E-state index in [4.69, 9.17) is 15.4 Å². The van der Waals surface area contributed by atoms with E-state index in [-0.39, 0.29) is 30.3 Å². The molecule has 0 spiro atoms. The first-order valence-electron chi connectivity index (χ1n) is 17.2. The van der Waals surface area contributed by atoms with Crippen molar-refractivity contribution in [3.05, 3.63) is 64.7 Å². The molecule has 2 aromatic heterocycles. The van der Waals surface area contributed by atoms with Crippen molar-refractivity contribution < 1.29 is 70.7 Å². The topological polar surface area (TPSA) is 313 Å². The Kier molecular flexibility index (Phi) is 13.8. The van der Waals surface area contributed by atoms with Gasteiger partial charge in [-0.25, -0.2) is 18.2 Å². The molecular formula is C33H42N7O15P3. The lowest BCUT2D eigenvalue weighted by Gasteiger charge is -2.21. The number of ether oxygens (including phenoxy) is 1. The number of nitrogens with two attached hydrogens (primary N) is 1. The SMILES string of the molecule is CN(C)c1ccc2cc3ccc(N(C)C)cc3[n+](CCCC(=O)NCC#Cc3cn([C@@H]4O[C@H](COP(=O)(O)OP(=O)(O)OP(=O)([O-])O)[C@@H](O)[C@H]4O)c(=O)nc3N)c2c1. The number of phosphoric acid groups is 3. The number of hydrogen-bond acceptors (Lipinski definition) is 16. The molecule has 25 heteroatoms. The highest BCUT2D eigenvalue weighted by molar-refractivity contribution is 7.66. The van der Waals surface area contributed by atoms with E-state index in [2.05, 4.69) is 82.3 Å². The molecule has 7 atom stereocenters. The summed E-state index contributed by atoms with van der Waals surface area (Å²) in [5.41, 5.74) is 8.91. The van der Waals surface area contributed by atoms with Gasteiger partial charge < -0.3 is 55.4 Å². The normalized spacial score (nSPS) is 21.1. The fourth-order valence-corrected chi connectivity index (χ4v) is 8.96. The number of fused-ring (bicyclic) bond motifs is 2. The van der Waals surface area contributed by atoms with E-state index in [0.717, 1.165) is 43.9 Å². The first-order chi connectivity index (χ1) is 27.0. The number of nitrogen functional groups attached to an aromatic ring is 1. The Morgan fingerprint density at radius 2 is 1.59 bits per heavy atom. The Morgan fingerprint density at radius 1 is 0.983 bits per heavy atom. The molecule has 58 heavy (non-hydrogen) atoms. The van der Waals surface area contributed by atoms with Crippen LogP contribution in [0.15, 0.2) is 53.5 Å². The number of rotatable bonds is 15. The molecule has 3 unspecified atom stereocenters. The number of aromatic nitrogens is 3. The Morgan fingerprint density at radius 3 is 2.16 bits per heavy atom. The van der Waals surface area contributed by atoms with Gasteiger partial charge in [0.1, 0.15) is 30.7 Å². The van der Waals surface area contributed by atoms with E-state index in [9.17, 15) is 48.2 Å². The molecule has 1 amide bonds. The second-order valence-corrected chi connectivity index (χ2v) is 17.8. The molecular weight excluding hydrogens is 827 g/mol. The molecule has 0 radical (unpaired) electrons. The average Bonchev–Trinajstić information content (AvgIpc) is 3.39. The van der Waals surface area contributed by atoms with Gasteiger partial charge in [-0.2, -0.15) is 13.9 Å². The van der Waals surface area contributed by atoms with Crippen molar-refractivity contribution in [3.63, 3.8) is 0 Å². The van der Waals surface area contributed by atoms with Crippen LogP contribution in [0, 0.1) is 11.8 Å². The summed E-state index contributed by atoms with van der Waals surface area (Å²) in [6.07, 6.45) is -5.37. The fourth-order valence-electron chi connectivity index (χ4n) is 5.96. The number of hydrogen-bond donors (Lipinski definition) is 7. The molecule has 0 bridgehead atoms. The van der Waals surface area contributed by atoms with Crippen molar-refractivity contribution in [2.45, 2.75) is 43.9 Å². The molecule has 4 aromatic rings. The second kappa shape index (κ2) is 17.9. The van der Waals surface area contributed by atoms with E-state index >= 15 is 0 Å². The molecule has 0 aliphatic carbocycles. The number of benzene rings is 2. The summed E-state index contributed by atoms with van der Waals surface area (Å²) in [5.74, 6) is 4.82. The van der Waals surface area contributed by atoms with Gasteiger partial charge in [0.2, 0.25) is 16.9 Å². The monoisotopic (exact) mass is 869 g/mol. The standard InChI is InChI=1S/C33H42N7O15P3/c1-37(2)23-11-9-20-15-21-10-12-24(38(3)4)17-26(21)39(25(20)16-23)14-6-8-28(41)35-13-5-7-22-18-40(33(44)36-31(22)34)32-30(43)29(42)27(53-32)19-52-57(48,49)55-58(50,51)54-56(45,46)47/h9-12,15-18,27,29-30,32,42-43H,6,8,13-14,19H2,1-4H3,(H6-,34,35,36,41,44,45,46,47,48,49,50,51)/t27-,29-,30-,32-/m1/s1. The van der Waals surface area contributed by atoms with Crippen LogP contribution in [0.2, 0.25) is 0 Å². The van der Waals surface area contributed by atoms with E-state index in [0.29, 0.717) is 13.0 Å². The van der Waals surface area contributed by atoms with Crippen molar-refractivity contribution in [2.24, 2.45) is 0 Å². The minimum absolute atomic E-state index is 0.0289. The third kappa shape index (κ3) is 11.3. The third-order valence-corrected chi connectivity index (χ3v) is 12.5. The Balaban J connectivity index is 1.21. The number of nitrogens with zero attached hydrogens (tertiary/aromatic N) is 5. The summed E-state index contributed by atoms with van der Waals surface area (Å²) in [7, 11) is -9.50. The molecule has 0 saturated carbocycles. The van der Waals surface area contributed by atoms with Gasteiger partial charge in [0.05, 0.1) is 18.7 Å². The first-order valence-corrected chi connectivity index (χ1v) is 21.7. The molecule has 1 aliphatic rings. The van der Waals surface area contributed by atoms with Gasteiger partial charge in [-0.15, -0.1) is 0 Å². The van der Waals surface area contributed by atoms with Crippen molar-refractivity contribution in [2.75, 3.05) is 56.9 Å². The molecule has 1 saturated heterocycles. The molecule has 5 rings (SSSR count). The smallest absolute Gasteiger partial charge is 0.487 e. The maximum absolute atomic E-state index is 12.9. The van der Waals surface area contributed by atoms with Crippen LogP contribution in [0.1, 0.15) is 24.6 Å². The third-order valence-electron chi connectivity index (χ3n) is 8.74. The second-order valence-electron chi connectivity index (χ2n) is 13.4. The summed E-state index contributed by atoms with van der Waals surface area (Å²) < 4.78 is 54.2. The lowest BCUT2D eigenvalue weighted by Crippen LogP contribution is -2.37. The number of aliphatic hydroxyl groups excluding tert-OH is 2. The van der Waals surface area contributed by atoms with Crippen LogP contribution in [0.3, 0.4) is 0 Å². The van der Waals surface area contributed by atoms with Crippen molar-refractivity contribution >= 4 is 68.4 Å². The highest BCUT2D eigenvalue weighted by Crippen LogP contribution is 2.65. The summed E-state index contributed by atoms with van der Waals surface area (Å²) in [5, 5.41) is 25.9. The van der Waals surface area contributed by atoms with Crippen LogP contribution in [0.5, 0.6) is 0 Å². The van der Waals surface area contributed by atoms with Crippen LogP contribution in [-0.2, 0) is 42.9 Å². The first kappa shape index (κ1) is 44.8. The van der Waals surface area contributed by atoms with Gasteiger partial charge in [-0.05, 0) is 30.3 Å². The lowest BCUT2D eigenvalue weighted by atomic mass is 10.1. The zero-order chi connectivity index (χ0) is 42.7. The van der Waals surface area contributed by atoms with Crippen molar-refractivity contribution in [1.82, 2.24) is 14.9 Å². The number of aryl methyl sites for hydroxylation is 1. The van der Waals surface area contributed by atoms with Crippen LogP contribution < -0.4 is 36.0 Å². The summed E-state index contributed by atoms with van der Waals surface area (Å²) in [6.45, 7) is -0.682. The highest BCUT2D eigenvalue weighted by Gasteiger charge is 2.46. The number of pyridine rings is 1. The number of anilines is 3. The van der Waals surface area contributed by atoms with E-state index in [1.54, 1.807) is 0 Å². The predicted octanol–water partition coefficient (Wildman–Crippen LogP) is -0.170. The van der Waals surface area contributed by atoms with E-state index < -0.39 is 60.3 Å². The lowest BCUT2D eigenvalue weighted by molar-refractivity contribution is -0.645. The van der Waals surface area contributed by atoms with Gasteiger partial charge in [0.15, 0.2) is 6.23 Å². The van der Waals surface area contributed by atoms with Gasteiger partial charge in [0.25, 0.3) is 7.82 Å². The molecule has 314 valence electrons. The number of amides is 1. The fraction of sp³-hybridized carbons (Fsp3) is 0.394. The van der Waals surface area contributed by atoms with Crippen LogP contribution in [-0.4, -0.2) is 100 Å². The van der Waals surface area contributed by atoms with Gasteiger partial charge >= 0.3 is 21.3 Å². The molecule has 22 nitrogen and oxygen atoms in total.